The minimum Gasteiger partial charge on any atom is -0.294 e. The molecule has 0 fully saturated rings. The lowest BCUT2D eigenvalue weighted by Gasteiger charge is -2.25. The van der Waals surface area contributed by atoms with Gasteiger partial charge in [0.25, 0.3) is 0 Å². The molecule has 1 aromatic heterocycles. The Bertz CT molecular complexity index is 373. The van der Waals surface area contributed by atoms with Gasteiger partial charge in [-0.05, 0) is 26.8 Å². The van der Waals surface area contributed by atoms with Gasteiger partial charge in [0, 0.05) is 32.6 Å². The molecule has 0 saturated carbocycles. The molecule has 16 heavy (non-hydrogen) atoms. The van der Waals surface area contributed by atoms with Crippen molar-refractivity contribution in [3.63, 3.8) is 0 Å². The molecule has 0 atom stereocenters. The number of nitrogens with zero attached hydrogens (tertiary/aromatic N) is 4. The van der Waals surface area contributed by atoms with E-state index in [1.54, 1.807) is 0 Å². The van der Waals surface area contributed by atoms with Crippen LogP contribution in [0.15, 0.2) is 6.07 Å². The quantitative estimate of drug-likeness (QED) is 0.760. The predicted molar refractivity (Wildman–Crippen MR) is 63.7 cm³/mol. The Hall–Kier alpha value is -1.34. The molecule has 0 spiro atoms. The van der Waals surface area contributed by atoms with Gasteiger partial charge in [0.1, 0.15) is 0 Å². The molecule has 0 aromatic carbocycles. The predicted octanol–water partition coefficient (Wildman–Crippen LogP) is 1.85. The number of rotatable bonds is 5. The third-order valence-corrected chi connectivity index (χ3v) is 2.71. The van der Waals surface area contributed by atoms with Crippen LogP contribution in [0.2, 0.25) is 0 Å². The van der Waals surface area contributed by atoms with Crippen molar-refractivity contribution in [1.82, 2.24) is 14.7 Å². The van der Waals surface area contributed by atoms with Gasteiger partial charge in [-0.3, -0.25) is 9.58 Å². The van der Waals surface area contributed by atoms with Crippen LogP contribution in [0, 0.1) is 18.3 Å². The lowest BCUT2D eigenvalue weighted by molar-refractivity contribution is 0.212. The van der Waals surface area contributed by atoms with E-state index in [1.165, 1.54) is 5.69 Å². The van der Waals surface area contributed by atoms with E-state index in [4.69, 9.17) is 5.26 Å². The SMILES string of the molecule is Cc1cc(CN(CCC#N)C(C)C)n(C)n1. The van der Waals surface area contributed by atoms with E-state index in [0.717, 1.165) is 18.8 Å². The topological polar surface area (TPSA) is 44.9 Å². The molecule has 0 aliphatic heterocycles. The van der Waals surface area contributed by atoms with Gasteiger partial charge < -0.3 is 0 Å². The fraction of sp³-hybridized carbons (Fsp3) is 0.667. The zero-order chi connectivity index (χ0) is 12.1. The zero-order valence-corrected chi connectivity index (χ0v) is 10.6. The molecule has 88 valence electrons. The molecule has 1 aromatic rings. The molecule has 4 nitrogen and oxygen atoms in total. The largest absolute Gasteiger partial charge is 0.294 e. The number of aromatic nitrogens is 2. The Kier molecular flexibility index (Phi) is 4.51. The lowest BCUT2D eigenvalue weighted by atomic mass is 10.2. The van der Waals surface area contributed by atoms with Gasteiger partial charge in [-0.1, -0.05) is 0 Å². The van der Waals surface area contributed by atoms with E-state index in [-0.39, 0.29) is 0 Å². The van der Waals surface area contributed by atoms with Crippen molar-refractivity contribution < 1.29 is 0 Å². The third kappa shape index (κ3) is 3.35. The summed E-state index contributed by atoms with van der Waals surface area (Å²) in [4.78, 5) is 2.29. The van der Waals surface area contributed by atoms with Gasteiger partial charge in [-0.25, -0.2) is 0 Å². The van der Waals surface area contributed by atoms with Gasteiger partial charge in [0.15, 0.2) is 0 Å². The van der Waals surface area contributed by atoms with Gasteiger partial charge in [0.05, 0.1) is 17.5 Å². The molecule has 0 aliphatic carbocycles. The van der Waals surface area contributed by atoms with Crippen LogP contribution in [0.25, 0.3) is 0 Å². The Balaban J connectivity index is 2.68. The van der Waals surface area contributed by atoms with Crippen LogP contribution >= 0.6 is 0 Å². The summed E-state index contributed by atoms with van der Waals surface area (Å²) in [6.07, 6.45) is 0.578. The van der Waals surface area contributed by atoms with E-state index in [1.807, 2.05) is 18.7 Å². The second kappa shape index (κ2) is 5.66. The van der Waals surface area contributed by atoms with Crippen molar-refractivity contribution in [3.05, 3.63) is 17.5 Å². The van der Waals surface area contributed by atoms with E-state index < -0.39 is 0 Å². The van der Waals surface area contributed by atoms with Crippen molar-refractivity contribution in [1.29, 1.82) is 5.26 Å². The smallest absolute Gasteiger partial charge is 0.0635 e. The standard InChI is InChI=1S/C12H20N4/c1-10(2)16(7-5-6-13)9-12-8-11(3)14-15(12)4/h8,10H,5,7,9H2,1-4H3. The summed E-state index contributed by atoms with van der Waals surface area (Å²) in [5.74, 6) is 0. The summed E-state index contributed by atoms with van der Waals surface area (Å²) in [6.45, 7) is 7.98. The third-order valence-electron chi connectivity index (χ3n) is 2.71. The molecule has 0 bridgehead atoms. The van der Waals surface area contributed by atoms with Crippen molar-refractivity contribution in [2.75, 3.05) is 6.54 Å². The van der Waals surface area contributed by atoms with Crippen LogP contribution in [0.4, 0.5) is 0 Å². The molecule has 0 saturated heterocycles. The molecular weight excluding hydrogens is 200 g/mol. The van der Waals surface area contributed by atoms with Gasteiger partial charge in [0.2, 0.25) is 0 Å². The molecule has 4 heteroatoms. The highest BCUT2D eigenvalue weighted by Gasteiger charge is 2.12. The van der Waals surface area contributed by atoms with E-state index in [0.29, 0.717) is 12.5 Å². The van der Waals surface area contributed by atoms with Crippen LogP contribution in [0.3, 0.4) is 0 Å². The first-order chi connectivity index (χ1) is 7.54. The second-order valence-corrected chi connectivity index (χ2v) is 4.37. The van der Waals surface area contributed by atoms with E-state index in [9.17, 15) is 0 Å². The highest BCUT2D eigenvalue weighted by Crippen LogP contribution is 2.09. The number of nitriles is 1. The van der Waals surface area contributed by atoms with E-state index >= 15 is 0 Å². The van der Waals surface area contributed by atoms with Crippen molar-refractivity contribution in [3.8, 4) is 6.07 Å². The van der Waals surface area contributed by atoms with Crippen molar-refractivity contribution in [2.45, 2.75) is 39.8 Å². The Morgan fingerprint density at radius 2 is 2.25 bits per heavy atom. The summed E-state index contributed by atoms with van der Waals surface area (Å²) in [6, 6.07) is 4.74. The van der Waals surface area contributed by atoms with Gasteiger partial charge >= 0.3 is 0 Å². The fourth-order valence-electron chi connectivity index (χ4n) is 1.73. The monoisotopic (exact) mass is 220 g/mol. The average molecular weight is 220 g/mol. The van der Waals surface area contributed by atoms with Crippen LogP contribution < -0.4 is 0 Å². The minimum absolute atomic E-state index is 0.448. The highest BCUT2D eigenvalue weighted by atomic mass is 15.3. The molecule has 0 unspecified atom stereocenters. The number of aryl methyl sites for hydroxylation is 2. The summed E-state index contributed by atoms with van der Waals surface area (Å²) in [5.41, 5.74) is 2.24. The molecule has 0 amide bonds. The maximum atomic E-state index is 8.63. The Morgan fingerprint density at radius 3 is 2.69 bits per heavy atom. The Morgan fingerprint density at radius 1 is 1.56 bits per heavy atom. The summed E-state index contributed by atoms with van der Waals surface area (Å²) >= 11 is 0. The van der Waals surface area contributed by atoms with Crippen molar-refractivity contribution in [2.24, 2.45) is 7.05 Å². The van der Waals surface area contributed by atoms with Crippen molar-refractivity contribution >= 4 is 0 Å². The minimum atomic E-state index is 0.448. The number of hydrogen-bond acceptors (Lipinski definition) is 3. The lowest BCUT2D eigenvalue weighted by Crippen LogP contribution is -2.31. The molecule has 0 radical (unpaired) electrons. The molecule has 0 aliphatic rings. The first-order valence-corrected chi connectivity index (χ1v) is 5.65. The van der Waals surface area contributed by atoms with Crippen LogP contribution in [0.1, 0.15) is 31.7 Å². The Labute approximate surface area is 97.5 Å². The molecule has 0 N–H and O–H groups in total. The summed E-state index contributed by atoms with van der Waals surface area (Å²) in [5, 5.41) is 13.0. The van der Waals surface area contributed by atoms with Crippen LogP contribution in [0.5, 0.6) is 0 Å². The number of hydrogen-bond donors (Lipinski definition) is 0. The van der Waals surface area contributed by atoms with Gasteiger partial charge in [-0.2, -0.15) is 10.4 Å². The maximum absolute atomic E-state index is 8.63. The first kappa shape index (κ1) is 12.7. The van der Waals surface area contributed by atoms with Crippen LogP contribution in [-0.4, -0.2) is 27.3 Å². The normalized spacial score (nSPS) is 11.1. The molecular formula is C12H20N4. The van der Waals surface area contributed by atoms with Gasteiger partial charge in [-0.15, -0.1) is 0 Å². The van der Waals surface area contributed by atoms with E-state index in [2.05, 4.69) is 36.0 Å². The zero-order valence-electron chi connectivity index (χ0n) is 10.6. The summed E-state index contributed by atoms with van der Waals surface area (Å²) in [7, 11) is 1.96. The van der Waals surface area contributed by atoms with Crippen LogP contribution in [-0.2, 0) is 13.6 Å². The maximum Gasteiger partial charge on any atom is 0.0635 e. The highest BCUT2D eigenvalue weighted by molar-refractivity contribution is 5.08. The summed E-state index contributed by atoms with van der Waals surface area (Å²) < 4.78 is 1.91. The second-order valence-electron chi connectivity index (χ2n) is 4.37. The fourth-order valence-corrected chi connectivity index (χ4v) is 1.73. The first-order valence-electron chi connectivity index (χ1n) is 5.65. The molecule has 1 rings (SSSR count). The molecule has 1 heterocycles. The average Bonchev–Trinajstić information content (AvgIpc) is 2.51.